The van der Waals surface area contributed by atoms with Crippen LogP contribution in [0.2, 0.25) is 0 Å². The largest absolute Gasteiger partial charge is 0.756 e. The lowest BCUT2D eigenvalue weighted by Crippen LogP contribution is -2.45. The summed E-state index contributed by atoms with van der Waals surface area (Å²) < 4.78 is 23.1. The quantitative estimate of drug-likeness (QED) is 0.0287. The van der Waals surface area contributed by atoms with E-state index in [4.69, 9.17) is 9.05 Å². The fourth-order valence-electron chi connectivity index (χ4n) is 5.92. The monoisotopic (exact) mass is 717 g/mol. The lowest BCUT2D eigenvalue weighted by atomic mass is 10.0. The molecule has 0 aromatic rings. The fourth-order valence-corrected chi connectivity index (χ4v) is 6.64. The molecule has 0 saturated heterocycles. The highest BCUT2D eigenvalue weighted by molar-refractivity contribution is 7.45. The van der Waals surface area contributed by atoms with Crippen LogP contribution >= 0.6 is 7.82 Å². The lowest BCUT2D eigenvalue weighted by molar-refractivity contribution is -0.870. The molecule has 0 saturated carbocycles. The second-order valence-corrected chi connectivity index (χ2v) is 16.8. The molecule has 0 bridgehead atoms. The van der Waals surface area contributed by atoms with Crippen molar-refractivity contribution in [2.24, 2.45) is 0 Å². The molecule has 0 rings (SSSR count). The molecule has 8 nitrogen and oxygen atoms in total. The van der Waals surface area contributed by atoms with Crippen LogP contribution in [0.15, 0.2) is 12.2 Å². The Bertz CT molecular complexity index is 819. The van der Waals surface area contributed by atoms with Gasteiger partial charge in [-0.2, -0.15) is 0 Å². The Hall–Kier alpha value is -0.760. The van der Waals surface area contributed by atoms with Gasteiger partial charge < -0.3 is 28.8 Å². The van der Waals surface area contributed by atoms with Gasteiger partial charge in [0.2, 0.25) is 5.91 Å². The van der Waals surface area contributed by atoms with Crippen molar-refractivity contribution >= 4 is 13.7 Å². The van der Waals surface area contributed by atoms with Crippen LogP contribution in [0.4, 0.5) is 0 Å². The van der Waals surface area contributed by atoms with Crippen LogP contribution in [0.5, 0.6) is 0 Å². The first-order valence-electron chi connectivity index (χ1n) is 20.6. The van der Waals surface area contributed by atoms with Crippen LogP contribution in [0.25, 0.3) is 0 Å². The maximum Gasteiger partial charge on any atom is 0.268 e. The zero-order chi connectivity index (χ0) is 36.5. The fraction of sp³-hybridized carbons (Fsp3) is 0.925. The number of unbranched alkanes of at least 4 members (excludes halogenated alkanes) is 24. The molecule has 2 N–H and O–H groups in total. The van der Waals surface area contributed by atoms with Crippen molar-refractivity contribution < 1.29 is 32.9 Å². The maximum atomic E-state index is 12.8. The summed E-state index contributed by atoms with van der Waals surface area (Å²) in [5.74, 6) is -0.197. The number of amides is 1. The molecular weight excluding hydrogens is 635 g/mol. The highest BCUT2D eigenvalue weighted by atomic mass is 31.2. The van der Waals surface area contributed by atoms with Gasteiger partial charge in [0.05, 0.1) is 39.9 Å². The predicted octanol–water partition coefficient (Wildman–Crippen LogP) is 10.2. The van der Waals surface area contributed by atoms with E-state index in [9.17, 15) is 19.4 Å². The van der Waals surface area contributed by atoms with E-state index in [0.717, 1.165) is 38.5 Å². The van der Waals surface area contributed by atoms with Gasteiger partial charge in [0.25, 0.3) is 7.82 Å². The number of aliphatic hydroxyl groups is 1. The highest BCUT2D eigenvalue weighted by Crippen LogP contribution is 2.38. The van der Waals surface area contributed by atoms with Crippen molar-refractivity contribution in [3.63, 3.8) is 0 Å². The van der Waals surface area contributed by atoms with Gasteiger partial charge >= 0.3 is 0 Å². The number of phosphoric acid groups is 1. The molecule has 1 unspecified atom stereocenters. The number of likely N-dealkylation sites (N-methyl/N-ethyl adjacent to an activating group) is 1. The average molecular weight is 717 g/mol. The second kappa shape index (κ2) is 33.1. The van der Waals surface area contributed by atoms with Gasteiger partial charge in [-0.25, -0.2) is 0 Å². The molecule has 0 heterocycles. The van der Waals surface area contributed by atoms with Gasteiger partial charge in [-0.05, 0) is 19.3 Å². The maximum absolute atomic E-state index is 12.8. The molecule has 0 radical (unpaired) electrons. The third-order valence-electron chi connectivity index (χ3n) is 9.25. The second-order valence-electron chi connectivity index (χ2n) is 15.4. The average Bonchev–Trinajstić information content (AvgIpc) is 3.04. The summed E-state index contributed by atoms with van der Waals surface area (Å²) in [6.45, 7) is 4.62. The van der Waals surface area contributed by atoms with Crippen molar-refractivity contribution in [1.82, 2.24) is 5.32 Å². The van der Waals surface area contributed by atoms with E-state index in [1.165, 1.54) is 128 Å². The van der Waals surface area contributed by atoms with Gasteiger partial charge in [-0.3, -0.25) is 9.36 Å². The van der Waals surface area contributed by atoms with E-state index in [2.05, 4.69) is 19.2 Å². The summed E-state index contributed by atoms with van der Waals surface area (Å²) >= 11 is 0. The molecule has 0 aromatic heterocycles. The number of carbonyl (C=O) groups excluding carboxylic acids is 1. The lowest BCUT2D eigenvalue weighted by Gasteiger charge is -2.29. The minimum atomic E-state index is -4.57. The Labute approximate surface area is 303 Å². The molecule has 0 spiro atoms. The minimum Gasteiger partial charge on any atom is -0.756 e. The van der Waals surface area contributed by atoms with Crippen LogP contribution in [-0.4, -0.2) is 68.5 Å². The first-order chi connectivity index (χ1) is 23.5. The molecule has 1 amide bonds. The van der Waals surface area contributed by atoms with Gasteiger partial charge in [-0.1, -0.05) is 174 Å². The number of rotatable bonds is 37. The zero-order valence-corrected chi connectivity index (χ0v) is 33.8. The Morgan fingerprint density at radius 2 is 1.10 bits per heavy atom. The van der Waals surface area contributed by atoms with Gasteiger partial charge in [0.1, 0.15) is 13.2 Å². The minimum absolute atomic E-state index is 0.00166. The molecule has 292 valence electrons. The molecule has 0 aromatic carbocycles. The smallest absolute Gasteiger partial charge is 0.268 e. The number of phosphoric ester groups is 1. The van der Waals surface area contributed by atoms with Crippen molar-refractivity contribution in [1.29, 1.82) is 0 Å². The normalized spacial score (nSPS) is 14.7. The molecule has 0 aliphatic heterocycles. The highest BCUT2D eigenvalue weighted by Gasteiger charge is 2.23. The van der Waals surface area contributed by atoms with Crippen LogP contribution in [0.3, 0.4) is 0 Å². The Morgan fingerprint density at radius 3 is 1.53 bits per heavy atom. The predicted molar refractivity (Wildman–Crippen MR) is 205 cm³/mol. The summed E-state index contributed by atoms with van der Waals surface area (Å²) in [7, 11) is 1.27. The topological polar surface area (TPSA) is 108 Å². The van der Waals surface area contributed by atoms with Crippen LogP contribution in [0, 0.1) is 0 Å². The summed E-state index contributed by atoms with van der Waals surface area (Å²) in [6, 6.07) is -0.877. The van der Waals surface area contributed by atoms with E-state index < -0.39 is 20.0 Å². The van der Waals surface area contributed by atoms with E-state index in [1.807, 2.05) is 27.2 Å². The SMILES string of the molecule is CCCCCCCCCC/C=C/[C@@H](O)[C@H](COP(=O)([O-])OCC[N+](C)(C)C)NC(=O)CCCCCCCCCCCCCCCCCCC. The molecule has 0 aliphatic carbocycles. The molecule has 9 heteroatoms. The van der Waals surface area contributed by atoms with E-state index >= 15 is 0 Å². The van der Waals surface area contributed by atoms with E-state index in [0.29, 0.717) is 17.4 Å². The van der Waals surface area contributed by atoms with E-state index in [-0.39, 0.29) is 19.1 Å². The van der Waals surface area contributed by atoms with Crippen molar-refractivity contribution in [3.05, 3.63) is 12.2 Å². The van der Waals surface area contributed by atoms with Crippen molar-refractivity contribution in [3.8, 4) is 0 Å². The van der Waals surface area contributed by atoms with Crippen molar-refractivity contribution in [2.75, 3.05) is 40.9 Å². The summed E-state index contributed by atoms with van der Waals surface area (Å²) in [4.78, 5) is 25.2. The number of quaternary nitrogens is 1. The van der Waals surface area contributed by atoms with Gasteiger partial charge in [-0.15, -0.1) is 0 Å². The van der Waals surface area contributed by atoms with Crippen LogP contribution in [0.1, 0.15) is 187 Å². The van der Waals surface area contributed by atoms with Crippen LogP contribution in [-0.2, 0) is 18.4 Å². The first-order valence-corrected chi connectivity index (χ1v) is 22.0. The Morgan fingerprint density at radius 1 is 0.694 bits per heavy atom. The van der Waals surface area contributed by atoms with Gasteiger partial charge in [0, 0.05) is 6.42 Å². The number of allylic oxidation sites excluding steroid dienone is 1. The molecule has 3 atom stereocenters. The molecular formula is C40H81N2O6P. The Kier molecular flexibility index (Phi) is 32.6. The molecule has 0 aliphatic rings. The summed E-state index contributed by atoms with van der Waals surface area (Å²) in [6.07, 6.45) is 35.4. The van der Waals surface area contributed by atoms with Gasteiger partial charge in [0.15, 0.2) is 0 Å². The number of aliphatic hydroxyl groups excluding tert-OH is 1. The number of hydrogen-bond donors (Lipinski definition) is 2. The van der Waals surface area contributed by atoms with E-state index in [1.54, 1.807) is 6.08 Å². The zero-order valence-electron chi connectivity index (χ0n) is 32.9. The summed E-state index contributed by atoms with van der Waals surface area (Å²) in [5, 5.41) is 13.7. The molecule has 0 fully saturated rings. The molecule has 49 heavy (non-hydrogen) atoms. The standard InChI is InChI=1S/C40H81N2O6P/c1-6-8-10-12-14-16-18-19-20-21-22-23-24-26-28-30-32-34-40(44)41-38(37-48-49(45,46)47-36-35-42(3,4)5)39(43)33-31-29-27-25-17-15-13-11-9-7-2/h31,33,38-39,43H,6-30,32,34-37H2,1-5H3,(H-,41,44,45,46)/b33-31+/t38-,39+/m0/s1. The van der Waals surface area contributed by atoms with Crippen molar-refractivity contribution in [2.45, 2.75) is 199 Å². The number of carbonyl (C=O) groups is 1. The third kappa shape index (κ3) is 35.4. The summed E-state index contributed by atoms with van der Waals surface area (Å²) in [5.41, 5.74) is 0. The number of hydrogen-bond acceptors (Lipinski definition) is 6. The number of nitrogens with one attached hydrogen (secondary N) is 1. The first kappa shape index (κ1) is 48.2. The Balaban J connectivity index is 4.38. The third-order valence-corrected chi connectivity index (χ3v) is 10.2. The number of nitrogens with zero attached hydrogens (tertiary/aromatic N) is 1. The van der Waals surface area contributed by atoms with Crippen LogP contribution < -0.4 is 10.2 Å².